The largest absolute Gasteiger partial charge is 0.486 e. The van der Waals surface area contributed by atoms with Crippen LogP contribution in [0.2, 0.25) is 0 Å². The Hall–Kier alpha value is -2.46. The van der Waals surface area contributed by atoms with Crippen molar-refractivity contribution in [3.8, 4) is 18.1 Å². The quantitative estimate of drug-likeness (QED) is 0.787. The average molecular weight is 356 g/mol. The summed E-state index contributed by atoms with van der Waals surface area (Å²) in [5.41, 5.74) is 1.33. The predicted molar refractivity (Wildman–Crippen MR) is 97.1 cm³/mol. The Bertz CT molecular complexity index is 815. The Balaban J connectivity index is 1.76. The molecule has 25 heavy (non-hydrogen) atoms. The number of thioether (sulfide) groups is 1. The number of carbonyl (C=O) groups excluding carboxylic acids is 1. The molecule has 0 atom stereocenters. The van der Waals surface area contributed by atoms with Gasteiger partial charge in [-0.1, -0.05) is 50.6 Å². The van der Waals surface area contributed by atoms with E-state index in [1.807, 2.05) is 12.1 Å². The summed E-state index contributed by atoms with van der Waals surface area (Å²) in [5, 5.41) is 10.4. The van der Waals surface area contributed by atoms with E-state index in [0.717, 1.165) is 5.75 Å². The van der Waals surface area contributed by atoms with Gasteiger partial charge in [-0.2, -0.15) is 0 Å². The van der Waals surface area contributed by atoms with E-state index in [1.165, 1.54) is 22.3 Å². The summed E-state index contributed by atoms with van der Waals surface area (Å²) < 4.78 is 7.48. The number of rotatable bonds is 4. The SMILES string of the molecule is C#CCN1C(=O)CSc2nnc(COc3ccc(C(C)(C)C)cc3)n21. The summed E-state index contributed by atoms with van der Waals surface area (Å²) in [4.78, 5) is 12.1. The van der Waals surface area contributed by atoms with Crippen LogP contribution in [-0.4, -0.2) is 33.1 Å². The molecule has 0 aliphatic carbocycles. The first-order valence-corrected chi connectivity index (χ1v) is 8.93. The molecule has 6 nitrogen and oxygen atoms in total. The van der Waals surface area contributed by atoms with Crippen molar-refractivity contribution in [2.24, 2.45) is 0 Å². The van der Waals surface area contributed by atoms with Gasteiger partial charge in [-0.05, 0) is 23.1 Å². The summed E-state index contributed by atoms with van der Waals surface area (Å²) in [6.07, 6.45) is 5.38. The fourth-order valence-electron chi connectivity index (χ4n) is 2.47. The van der Waals surface area contributed by atoms with E-state index < -0.39 is 0 Å². The third kappa shape index (κ3) is 3.64. The number of hydrogen-bond donors (Lipinski definition) is 0. The van der Waals surface area contributed by atoms with Crippen LogP contribution in [0, 0.1) is 12.3 Å². The van der Waals surface area contributed by atoms with Gasteiger partial charge in [0.1, 0.15) is 18.9 Å². The number of carbonyl (C=O) groups is 1. The molecule has 2 heterocycles. The number of fused-ring (bicyclic) bond motifs is 1. The second-order valence-corrected chi connectivity index (χ2v) is 7.66. The lowest BCUT2D eigenvalue weighted by Gasteiger charge is -2.27. The molecule has 1 aliphatic heterocycles. The van der Waals surface area contributed by atoms with Crippen LogP contribution in [-0.2, 0) is 16.8 Å². The maximum Gasteiger partial charge on any atom is 0.252 e. The summed E-state index contributed by atoms with van der Waals surface area (Å²) in [5.74, 6) is 4.04. The third-order valence-electron chi connectivity index (χ3n) is 3.86. The number of hydrogen-bond acceptors (Lipinski definition) is 5. The molecule has 130 valence electrons. The molecule has 0 bridgehead atoms. The van der Waals surface area contributed by atoms with Gasteiger partial charge in [0.15, 0.2) is 5.82 Å². The minimum Gasteiger partial charge on any atom is -0.486 e. The van der Waals surface area contributed by atoms with Crippen LogP contribution in [0.25, 0.3) is 0 Å². The fraction of sp³-hybridized carbons (Fsp3) is 0.389. The van der Waals surface area contributed by atoms with Crippen molar-refractivity contribution in [3.05, 3.63) is 35.7 Å². The highest BCUT2D eigenvalue weighted by atomic mass is 32.2. The third-order valence-corrected chi connectivity index (χ3v) is 4.76. The molecule has 2 aromatic rings. The molecule has 7 heteroatoms. The van der Waals surface area contributed by atoms with Crippen LogP contribution in [0.15, 0.2) is 29.4 Å². The van der Waals surface area contributed by atoms with Crippen LogP contribution in [0.1, 0.15) is 32.2 Å². The molecule has 1 aliphatic rings. The smallest absolute Gasteiger partial charge is 0.252 e. The number of nitrogens with zero attached hydrogens (tertiary/aromatic N) is 4. The van der Waals surface area contributed by atoms with Gasteiger partial charge in [-0.3, -0.25) is 4.79 Å². The van der Waals surface area contributed by atoms with Gasteiger partial charge in [0, 0.05) is 0 Å². The van der Waals surface area contributed by atoms with Crippen LogP contribution >= 0.6 is 11.8 Å². The van der Waals surface area contributed by atoms with E-state index in [2.05, 4.69) is 49.0 Å². The van der Waals surface area contributed by atoms with Gasteiger partial charge in [0.2, 0.25) is 5.16 Å². The molecular weight excluding hydrogens is 336 g/mol. The van der Waals surface area contributed by atoms with Gasteiger partial charge in [0.25, 0.3) is 5.91 Å². The Morgan fingerprint density at radius 2 is 2.00 bits per heavy atom. The first kappa shape index (κ1) is 17.4. The van der Waals surface area contributed by atoms with Gasteiger partial charge >= 0.3 is 0 Å². The van der Waals surface area contributed by atoms with Crippen molar-refractivity contribution in [3.63, 3.8) is 0 Å². The van der Waals surface area contributed by atoms with Crippen molar-refractivity contribution >= 4 is 17.7 Å². The van der Waals surface area contributed by atoms with Crippen molar-refractivity contribution in [1.29, 1.82) is 0 Å². The number of amides is 1. The minimum atomic E-state index is -0.0639. The van der Waals surface area contributed by atoms with Gasteiger partial charge in [0.05, 0.1) is 5.75 Å². The van der Waals surface area contributed by atoms with Gasteiger partial charge < -0.3 is 4.74 Å². The predicted octanol–water partition coefficient (Wildman–Crippen LogP) is 2.36. The first-order chi connectivity index (χ1) is 11.9. The standard InChI is InChI=1S/C18H20N4O2S/c1-5-10-21-16(23)12-25-17-20-19-15(22(17)21)11-24-14-8-6-13(7-9-14)18(2,3)4/h1,6-9H,10-12H2,2-4H3. The molecule has 0 radical (unpaired) electrons. The highest BCUT2D eigenvalue weighted by Crippen LogP contribution is 2.26. The van der Waals surface area contributed by atoms with E-state index in [1.54, 1.807) is 4.68 Å². The molecule has 3 rings (SSSR count). The van der Waals surface area contributed by atoms with E-state index in [9.17, 15) is 4.79 Å². The lowest BCUT2D eigenvalue weighted by atomic mass is 9.87. The van der Waals surface area contributed by atoms with Crippen LogP contribution in [0.5, 0.6) is 5.75 Å². The molecule has 0 spiro atoms. The number of ether oxygens (including phenoxy) is 1. The second-order valence-electron chi connectivity index (χ2n) is 6.72. The number of benzene rings is 1. The highest BCUT2D eigenvalue weighted by molar-refractivity contribution is 7.99. The molecule has 0 N–H and O–H groups in total. The van der Waals surface area contributed by atoms with Crippen molar-refractivity contribution < 1.29 is 9.53 Å². The monoisotopic (exact) mass is 356 g/mol. The van der Waals surface area contributed by atoms with Crippen molar-refractivity contribution in [1.82, 2.24) is 14.9 Å². The minimum absolute atomic E-state index is 0.0639. The second kappa shape index (κ2) is 6.81. The fourth-order valence-corrected chi connectivity index (χ4v) is 3.30. The van der Waals surface area contributed by atoms with Crippen LogP contribution in [0.4, 0.5) is 0 Å². The maximum atomic E-state index is 12.1. The summed E-state index contributed by atoms with van der Waals surface area (Å²) >= 11 is 1.35. The van der Waals surface area contributed by atoms with E-state index in [-0.39, 0.29) is 24.5 Å². The lowest BCUT2D eigenvalue weighted by molar-refractivity contribution is -0.117. The maximum absolute atomic E-state index is 12.1. The Kier molecular flexibility index (Phi) is 4.73. The normalized spacial score (nSPS) is 14.2. The summed E-state index contributed by atoms with van der Waals surface area (Å²) in [6, 6.07) is 7.98. The molecule has 0 saturated carbocycles. The molecule has 0 unspecified atom stereocenters. The molecule has 1 aromatic carbocycles. The molecule has 1 aromatic heterocycles. The number of aromatic nitrogens is 3. The first-order valence-electron chi connectivity index (χ1n) is 7.94. The molecular formula is C18H20N4O2S. The van der Waals surface area contributed by atoms with Crippen LogP contribution in [0.3, 0.4) is 0 Å². The van der Waals surface area contributed by atoms with Gasteiger partial charge in [-0.25, -0.2) is 9.69 Å². The average Bonchev–Trinajstić information content (AvgIpc) is 2.98. The number of terminal acetylenes is 1. The zero-order valence-corrected chi connectivity index (χ0v) is 15.3. The van der Waals surface area contributed by atoms with E-state index in [4.69, 9.17) is 11.2 Å². The Labute approximate surface area is 151 Å². The van der Waals surface area contributed by atoms with Crippen molar-refractivity contribution in [2.75, 3.05) is 17.3 Å². The van der Waals surface area contributed by atoms with E-state index >= 15 is 0 Å². The zero-order chi connectivity index (χ0) is 18.0. The van der Waals surface area contributed by atoms with Crippen molar-refractivity contribution in [2.45, 2.75) is 37.9 Å². The summed E-state index contributed by atoms with van der Waals surface area (Å²) in [7, 11) is 0. The summed E-state index contributed by atoms with van der Waals surface area (Å²) in [6.45, 7) is 6.88. The topological polar surface area (TPSA) is 60.3 Å². The van der Waals surface area contributed by atoms with E-state index in [0.29, 0.717) is 16.7 Å². The molecule has 0 fully saturated rings. The van der Waals surface area contributed by atoms with Crippen LogP contribution < -0.4 is 9.75 Å². The Morgan fingerprint density at radius 3 is 2.64 bits per heavy atom. The molecule has 1 amide bonds. The molecule has 0 saturated heterocycles. The Morgan fingerprint density at radius 1 is 1.28 bits per heavy atom. The lowest BCUT2D eigenvalue weighted by Crippen LogP contribution is -2.46. The van der Waals surface area contributed by atoms with Gasteiger partial charge in [-0.15, -0.1) is 16.6 Å². The highest BCUT2D eigenvalue weighted by Gasteiger charge is 2.28. The zero-order valence-electron chi connectivity index (χ0n) is 14.5.